The van der Waals surface area contributed by atoms with E-state index < -0.39 is 0 Å². The third-order valence-electron chi connectivity index (χ3n) is 4.70. The molecule has 2 aliphatic rings. The van der Waals surface area contributed by atoms with Gasteiger partial charge in [-0.1, -0.05) is 12.1 Å². The molecule has 132 valence electrons. The van der Waals surface area contributed by atoms with Crippen LogP contribution in [0, 0.1) is 0 Å². The quantitative estimate of drug-likeness (QED) is 0.850. The number of carbonyl (C=O) groups excluding carboxylic acids is 1. The van der Waals surface area contributed by atoms with Crippen molar-refractivity contribution in [1.82, 2.24) is 10.2 Å². The Kier molecular flexibility index (Phi) is 5.86. The molecule has 3 rings (SSSR count). The lowest BCUT2D eigenvalue weighted by molar-refractivity contribution is -0.0123. The monoisotopic (exact) mass is 351 g/mol. The lowest BCUT2D eigenvalue weighted by atomic mass is 9.95. The van der Waals surface area contributed by atoms with E-state index in [4.69, 9.17) is 9.47 Å². The molecule has 0 bridgehead atoms. The molecule has 2 amide bonds. The first-order valence-corrected chi connectivity index (χ1v) is 9.47. The van der Waals surface area contributed by atoms with Gasteiger partial charge in [0.05, 0.1) is 26.0 Å². The number of hydrogen-bond donors (Lipinski definition) is 2. The minimum Gasteiger partial charge on any atom is -0.495 e. The van der Waals surface area contributed by atoms with Gasteiger partial charge in [-0.2, -0.15) is 11.8 Å². The molecule has 2 aliphatic heterocycles. The van der Waals surface area contributed by atoms with E-state index >= 15 is 0 Å². The average molecular weight is 351 g/mol. The fraction of sp³-hybridized carbons (Fsp3) is 0.588. The molecule has 2 N–H and O–H groups in total. The standard InChI is InChI=1S/C17H25N3O3S/c1-22-15-5-3-2-4-14(15)19-16(21)18-12-17(6-11-24-13-17)20-7-9-23-10-8-20/h2-5H,6-13H2,1H3,(H2,18,19,21)/t17-/m1/s1. The van der Waals surface area contributed by atoms with Crippen molar-refractivity contribution in [1.29, 1.82) is 0 Å². The molecule has 2 saturated heterocycles. The van der Waals surface area contributed by atoms with Crippen LogP contribution in [0.25, 0.3) is 0 Å². The third-order valence-corrected chi connectivity index (χ3v) is 5.93. The molecule has 1 aromatic carbocycles. The van der Waals surface area contributed by atoms with Crippen molar-refractivity contribution >= 4 is 23.5 Å². The Morgan fingerprint density at radius 2 is 2.17 bits per heavy atom. The molecule has 2 heterocycles. The number of morpholine rings is 1. The average Bonchev–Trinajstić information content (AvgIpc) is 3.11. The number of carbonyl (C=O) groups is 1. The van der Waals surface area contributed by atoms with Crippen molar-refractivity contribution in [3.63, 3.8) is 0 Å². The Morgan fingerprint density at radius 3 is 2.88 bits per heavy atom. The van der Waals surface area contributed by atoms with E-state index in [1.165, 1.54) is 0 Å². The number of para-hydroxylation sites is 2. The number of thioether (sulfide) groups is 1. The number of anilines is 1. The van der Waals surface area contributed by atoms with Gasteiger partial charge in [-0.25, -0.2) is 4.79 Å². The lowest BCUT2D eigenvalue weighted by Gasteiger charge is -2.43. The molecule has 2 fully saturated rings. The fourth-order valence-electron chi connectivity index (χ4n) is 3.29. The van der Waals surface area contributed by atoms with Gasteiger partial charge in [0, 0.05) is 30.9 Å². The highest BCUT2D eigenvalue weighted by Crippen LogP contribution is 2.33. The Morgan fingerprint density at radius 1 is 1.38 bits per heavy atom. The van der Waals surface area contributed by atoms with Crippen LogP contribution in [-0.4, -0.2) is 67.9 Å². The van der Waals surface area contributed by atoms with Crippen LogP contribution >= 0.6 is 11.8 Å². The SMILES string of the molecule is COc1ccccc1NC(=O)NC[C@]1(N2CCOCC2)CCSC1. The van der Waals surface area contributed by atoms with Gasteiger partial charge in [-0.15, -0.1) is 0 Å². The number of ether oxygens (including phenoxy) is 2. The molecule has 0 unspecified atom stereocenters. The molecule has 0 spiro atoms. The van der Waals surface area contributed by atoms with E-state index in [-0.39, 0.29) is 11.6 Å². The summed E-state index contributed by atoms with van der Waals surface area (Å²) in [5.74, 6) is 2.86. The zero-order valence-electron chi connectivity index (χ0n) is 14.0. The van der Waals surface area contributed by atoms with Crippen LogP contribution in [0.3, 0.4) is 0 Å². The molecule has 1 aromatic rings. The van der Waals surface area contributed by atoms with Gasteiger partial charge >= 0.3 is 6.03 Å². The predicted octanol–water partition coefficient (Wildman–Crippen LogP) is 2.02. The second kappa shape index (κ2) is 8.09. The first-order chi connectivity index (χ1) is 11.7. The summed E-state index contributed by atoms with van der Waals surface area (Å²) in [6.45, 7) is 4.09. The van der Waals surface area contributed by atoms with Crippen LogP contribution in [0.5, 0.6) is 5.75 Å². The third kappa shape index (κ3) is 3.96. The Labute approximate surface area is 147 Å². The highest BCUT2D eigenvalue weighted by Gasteiger charge is 2.40. The van der Waals surface area contributed by atoms with Crippen LogP contribution in [0.15, 0.2) is 24.3 Å². The Balaban J connectivity index is 1.59. The van der Waals surface area contributed by atoms with Gasteiger partial charge in [-0.3, -0.25) is 4.90 Å². The van der Waals surface area contributed by atoms with Crippen LogP contribution in [0.2, 0.25) is 0 Å². The molecule has 1 atom stereocenters. The minimum atomic E-state index is -0.191. The molecule has 7 heteroatoms. The Bertz CT molecular complexity index is 558. The van der Waals surface area contributed by atoms with E-state index in [0.29, 0.717) is 18.0 Å². The fourth-order valence-corrected chi connectivity index (χ4v) is 4.77. The van der Waals surface area contributed by atoms with Gasteiger partial charge in [-0.05, 0) is 24.3 Å². The summed E-state index contributed by atoms with van der Waals surface area (Å²) in [7, 11) is 1.60. The maximum absolute atomic E-state index is 12.3. The number of amides is 2. The first-order valence-electron chi connectivity index (χ1n) is 8.32. The number of benzene rings is 1. The van der Waals surface area contributed by atoms with Crippen LogP contribution in [0.4, 0.5) is 10.5 Å². The molecule has 6 nitrogen and oxygen atoms in total. The highest BCUT2D eigenvalue weighted by molar-refractivity contribution is 7.99. The van der Waals surface area contributed by atoms with Gasteiger partial charge < -0.3 is 20.1 Å². The molecular formula is C17H25N3O3S. The van der Waals surface area contributed by atoms with E-state index in [2.05, 4.69) is 15.5 Å². The van der Waals surface area contributed by atoms with Gasteiger partial charge in [0.2, 0.25) is 0 Å². The van der Waals surface area contributed by atoms with Crippen molar-refractivity contribution < 1.29 is 14.3 Å². The van der Waals surface area contributed by atoms with Crippen molar-refractivity contribution in [2.75, 3.05) is 56.8 Å². The smallest absolute Gasteiger partial charge is 0.319 e. The summed E-state index contributed by atoms with van der Waals surface area (Å²) in [5, 5.41) is 5.94. The predicted molar refractivity (Wildman–Crippen MR) is 97.1 cm³/mol. The van der Waals surface area contributed by atoms with Crippen LogP contribution in [0.1, 0.15) is 6.42 Å². The van der Waals surface area contributed by atoms with Crippen LogP contribution < -0.4 is 15.4 Å². The van der Waals surface area contributed by atoms with Crippen molar-refractivity contribution in [3.8, 4) is 5.75 Å². The molecule has 24 heavy (non-hydrogen) atoms. The van der Waals surface area contributed by atoms with E-state index in [1.54, 1.807) is 7.11 Å². The lowest BCUT2D eigenvalue weighted by Crippen LogP contribution is -2.59. The van der Waals surface area contributed by atoms with Crippen molar-refractivity contribution in [2.45, 2.75) is 12.0 Å². The van der Waals surface area contributed by atoms with E-state index in [1.807, 2.05) is 36.0 Å². The summed E-state index contributed by atoms with van der Waals surface area (Å²) in [6.07, 6.45) is 1.10. The topological polar surface area (TPSA) is 62.8 Å². The van der Waals surface area contributed by atoms with E-state index in [0.717, 1.165) is 44.2 Å². The van der Waals surface area contributed by atoms with Gasteiger partial charge in [0.25, 0.3) is 0 Å². The summed E-state index contributed by atoms with van der Waals surface area (Å²) in [4.78, 5) is 14.8. The summed E-state index contributed by atoms with van der Waals surface area (Å²) < 4.78 is 10.7. The maximum atomic E-state index is 12.3. The number of urea groups is 1. The highest BCUT2D eigenvalue weighted by atomic mass is 32.2. The molecule has 0 radical (unpaired) electrons. The normalized spacial score (nSPS) is 24.5. The van der Waals surface area contributed by atoms with Crippen LogP contribution in [-0.2, 0) is 4.74 Å². The zero-order valence-corrected chi connectivity index (χ0v) is 14.9. The van der Waals surface area contributed by atoms with Gasteiger partial charge in [0.1, 0.15) is 5.75 Å². The number of methoxy groups -OCH3 is 1. The Hall–Kier alpha value is -1.44. The van der Waals surface area contributed by atoms with Gasteiger partial charge in [0.15, 0.2) is 0 Å². The number of nitrogens with zero attached hydrogens (tertiary/aromatic N) is 1. The summed E-state index contributed by atoms with van der Waals surface area (Å²) in [6, 6.07) is 7.23. The molecule has 0 aromatic heterocycles. The summed E-state index contributed by atoms with van der Waals surface area (Å²) in [5.41, 5.74) is 0.728. The minimum absolute atomic E-state index is 0.0482. The number of rotatable bonds is 5. The van der Waals surface area contributed by atoms with Crippen molar-refractivity contribution in [3.05, 3.63) is 24.3 Å². The number of nitrogens with one attached hydrogen (secondary N) is 2. The molecule has 0 aliphatic carbocycles. The largest absolute Gasteiger partial charge is 0.495 e. The second-order valence-electron chi connectivity index (χ2n) is 6.13. The second-order valence-corrected chi connectivity index (χ2v) is 7.24. The molecule has 0 saturated carbocycles. The number of hydrogen-bond acceptors (Lipinski definition) is 5. The van der Waals surface area contributed by atoms with Crippen molar-refractivity contribution in [2.24, 2.45) is 0 Å². The zero-order chi connectivity index (χ0) is 16.8. The first kappa shape index (κ1) is 17.4. The van der Waals surface area contributed by atoms with E-state index in [9.17, 15) is 4.79 Å². The summed E-state index contributed by atoms with van der Waals surface area (Å²) >= 11 is 1.96. The maximum Gasteiger partial charge on any atom is 0.319 e. The molecular weight excluding hydrogens is 326 g/mol.